The summed E-state index contributed by atoms with van der Waals surface area (Å²) in [6.45, 7) is 4.91. The smallest absolute Gasteiger partial charge is 0.280 e. The van der Waals surface area contributed by atoms with Gasteiger partial charge in [-0.3, -0.25) is 0 Å². The van der Waals surface area contributed by atoms with Gasteiger partial charge in [0.2, 0.25) is 5.82 Å². The van der Waals surface area contributed by atoms with Crippen LogP contribution in [-0.2, 0) is 17.9 Å². The second-order valence-corrected chi connectivity index (χ2v) is 7.28. The fourth-order valence-corrected chi connectivity index (χ4v) is 3.62. The summed E-state index contributed by atoms with van der Waals surface area (Å²) in [5.41, 5.74) is 4.91. The van der Waals surface area contributed by atoms with Crippen LogP contribution in [-0.4, -0.2) is 25.1 Å². The highest BCUT2D eigenvalue weighted by atomic mass is 19.2. The number of halogens is 2. The van der Waals surface area contributed by atoms with Crippen molar-refractivity contribution in [2.75, 3.05) is 0 Å². The topological polar surface area (TPSA) is 78.9 Å². The molecule has 7 nitrogen and oxygen atoms in total. The molecule has 0 spiro atoms. The SMILES string of the molecule is Cc1ccc([C@H]2Cn3nnc(-c4nc(-c5ccc(F)c(F)c5)no4)c3CO2)c(C)c1. The first kappa shape index (κ1) is 18.6. The molecule has 0 bridgehead atoms. The van der Waals surface area contributed by atoms with Gasteiger partial charge >= 0.3 is 0 Å². The molecule has 0 saturated carbocycles. The fourth-order valence-electron chi connectivity index (χ4n) is 3.62. The molecule has 0 aliphatic carbocycles. The summed E-state index contributed by atoms with van der Waals surface area (Å²) in [5.74, 6) is -1.64. The van der Waals surface area contributed by atoms with Crippen LogP contribution in [0.25, 0.3) is 23.0 Å². The molecular weight excluding hydrogens is 392 g/mol. The number of hydrogen-bond donors (Lipinski definition) is 0. The van der Waals surface area contributed by atoms with Gasteiger partial charge in [-0.05, 0) is 43.2 Å². The van der Waals surface area contributed by atoms with Crippen molar-refractivity contribution in [1.82, 2.24) is 25.1 Å². The van der Waals surface area contributed by atoms with Crippen molar-refractivity contribution in [3.63, 3.8) is 0 Å². The molecule has 0 N–H and O–H groups in total. The summed E-state index contributed by atoms with van der Waals surface area (Å²) >= 11 is 0. The van der Waals surface area contributed by atoms with E-state index in [-0.39, 0.29) is 24.4 Å². The summed E-state index contributed by atoms with van der Waals surface area (Å²) < 4.78 is 39.8. The molecule has 0 saturated heterocycles. The summed E-state index contributed by atoms with van der Waals surface area (Å²) in [6, 6.07) is 9.67. The van der Waals surface area contributed by atoms with Gasteiger partial charge in [0.05, 0.1) is 18.8 Å². The zero-order chi connectivity index (χ0) is 20.8. The predicted molar refractivity (Wildman–Crippen MR) is 102 cm³/mol. The summed E-state index contributed by atoms with van der Waals surface area (Å²) in [7, 11) is 0. The Balaban J connectivity index is 1.42. The van der Waals surface area contributed by atoms with Crippen molar-refractivity contribution in [2.45, 2.75) is 33.1 Å². The molecule has 1 atom stereocenters. The quantitative estimate of drug-likeness (QED) is 0.506. The lowest BCUT2D eigenvalue weighted by Crippen LogP contribution is -2.22. The third kappa shape index (κ3) is 3.17. The number of fused-ring (bicyclic) bond motifs is 1. The standard InChI is InChI=1S/C21H17F2N5O2/c1-11-3-5-14(12(2)7-11)18-9-28-17(10-29-18)19(25-27-28)21-24-20(26-30-21)13-4-6-15(22)16(23)8-13/h3-8,18H,9-10H2,1-2H3/t18-/m1/s1. The van der Waals surface area contributed by atoms with Gasteiger partial charge in [0.1, 0.15) is 6.10 Å². The Hall–Kier alpha value is -3.46. The molecule has 5 rings (SSSR count). The maximum atomic E-state index is 13.5. The minimum Gasteiger partial charge on any atom is -0.365 e. The average Bonchev–Trinajstić information content (AvgIpc) is 3.36. The molecule has 152 valence electrons. The first-order chi connectivity index (χ1) is 14.5. The van der Waals surface area contributed by atoms with Gasteiger partial charge < -0.3 is 9.26 Å². The van der Waals surface area contributed by atoms with Crippen LogP contribution in [0.4, 0.5) is 8.78 Å². The molecule has 0 fully saturated rings. The van der Waals surface area contributed by atoms with Crippen LogP contribution in [0.1, 0.15) is 28.5 Å². The van der Waals surface area contributed by atoms with Crippen LogP contribution in [0.2, 0.25) is 0 Å². The van der Waals surface area contributed by atoms with Crippen LogP contribution < -0.4 is 0 Å². The van der Waals surface area contributed by atoms with Crippen molar-refractivity contribution >= 4 is 0 Å². The number of hydrogen-bond acceptors (Lipinski definition) is 6. The molecule has 30 heavy (non-hydrogen) atoms. The van der Waals surface area contributed by atoms with Crippen molar-refractivity contribution in [3.05, 3.63) is 70.4 Å². The Labute approximate surface area is 170 Å². The molecule has 3 heterocycles. The van der Waals surface area contributed by atoms with Crippen LogP contribution >= 0.6 is 0 Å². The van der Waals surface area contributed by atoms with E-state index in [9.17, 15) is 8.78 Å². The summed E-state index contributed by atoms with van der Waals surface area (Å²) in [6.07, 6.45) is -0.131. The van der Waals surface area contributed by atoms with E-state index in [1.807, 2.05) is 0 Å². The molecule has 9 heteroatoms. The van der Waals surface area contributed by atoms with Gasteiger partial charge in [-0.25, -0.2) is 13.5 Å². The van der Waals surface area contributed by atoms with E-state index in [1.165, 1.54) is 11.6 Å². The lowest BCUT2D eigenvalue weighted by molar-refractivity contribution is -0.00153. The van der Waals surface area contributed by atoms with Crippen molar-refractivity contribution in [3.8, 4) is 23.0 Å². The van der Waals surface area contributed by atoms with Crippen LogP contribution in [0.5, 0.6) is 0 Å². The zero-order valence-corrected chi connectivity index (χ0v) is 16.3. The molecule has 2 aromatic carbocycles. The van der Waals surface area contributed by atoms with Gasteiger partial charge in [0, 0.05) is 5.56 Å². The Bertz CT molecular complexity index is 1250. The highest BCUT2D eigenvalue weighted by molar-refractivity contribution is 5.58. The molecule has 4 aromatic rings. The summed E-state index contributed by atoms with van der Waals surface area (Å²) in [5, 5.41) is 12.2. The van der Waals surface area contributed by atoms with Gasteiger partial charge in [0.25, 0.3) is 5.89 Å². The molecule has 2 aromatic heterocycles. The largest absolute Gasteiger partial charge is 0.365 e. The van der Waals surface area contributed by atoms with Gasteiger partial charge in [-0.1, -0.05) is 34.1 Å². The average molecular weight is 409 g/mol. The van der Waals surface area contributed by atoms with E-state index in [4.69, 9.17) is 9.26 Å². The van der Waals surface area contributed by atoms with E-state index in [1.54, 1.807) is 4.68 Å². The van der Waals surface area contributed by atoms with E-state index < -0.39 is 11.6 Å². The number of rotatable bonds is 3. The Morgan fingerprint density at radius 2 is 1.93 bits per heavy atom. The van der Waals surface area contributed by atoms with Crippen molar-refractivity contribution in [1.29, 1.82) is 0 Å². The van der Waals surface area contributed by atoms with Crippen molar-refractivity contribution in [2.24, 2.45) is 0 Å². The van der Waals surface area contributed by atoms with Gasteiger partial charge in [-0.15, -0.1) is 5.10 Å². The minimum absolute atomic E-state index is 0.131. The Kier molecular flexibility index (Phi) is 4.39. The Morgan fingerprint density at radius 1 is 1.07 bits per heavy atom. The highest BCUT2D eigenvalue weighted by Crippen LogP contribution is 2.32. The lowest BCUT2D eigenvalue weighted by atomic mass is 10.0. The number of aromatic nitrogens is 5. The van der Waals surface area contributed by atoms with E-state index in [0.717, 1.165) is 29.0 Å². The maximum Gasteiger partial charge on any atom is 0.280 e. The monoisotopic (exact) mass is 409 g/mol. The van der Waals surface area contributed by atoms with E-state index >= 15 is 0 Å². The molecule has 0 radical (unpaired) electrons. The molecular formula is C21H17F2N5O2. The first-order valence-electron chi connectivity index (χ1n) is 9.40. The summed E-state index contributed by atoms with van der Waals surface area (Å²) in [4.78, 5) is 4.26. The number of nitrogens with zero attached hydrogens (tertiary/aromatic N) is 5. The predicted octanol–water partition coefficient (Wildman–Crippen LogP) is 4.16. The molecule has 0 unspecified atom stereocenters. The number of ether oxygens (including phenoxy) is 1. The third-order valence-corrected chi connectivity index (χ3v) is 5.18. The lowest BCUT2D eigenvalue weighted by Gasteiger charge is -2.25. The van der Waals surface area contributed by atoms with Crippen molar-refractivity contribution < 1.29 is 18.0 Å². The molecule has 0 amide bonds. The van der Waals surface area contributed by atoms with Gasteiger partial charge in [-0.2, -0.15) is 4.98 Å². The minimum atomic E-state index is -0.981. The third-order valence-electron chi connectivity index (χ3n) is 5.18. The number of aryl methyl sites for hydroxylation is 2. The Morgan fingerprint density at radius 3 is 2.73 bits per heavy atom. The fraction of sp³-hybridized carbons (Fsp3) is 0.238. The normalized spacial score (nSPS) is 15.9. The molecule has 1 aliphatic rings. The number of benzene rings is 2. The maximum absolute atomic E-state index is 13.5. The van der Waals surface area contributed by atoms with Crippen LogP contribution in [0.3, 0.4) is 0 Å². The van der Waals surface area contributed by atoms with Gasteiger partial charge in [0.15, 0.2) is 17.3 Å². The molecule has 1 aliphatic heterocycles. The zero-order valence-electron chi connectivity index (χ0n) is 16.3. The van der Waals surface area contributed by atoms with Crippen LogP contribution in [0.15, 0.2) is 40.9 Å². The van der Waals surface area contributed by atoms with E-state index in [0.29, 0.717) is 17.8 Å². The highest BCUT2D eigenvalue weighted by Gasteiger charge is 2.28. The van der Waals surface area contributed by atoms with E-state index in [2.05, 4.69) is 52.5 Å². The second-order valence-electron chi connectivity index (χ2n) is 7.28. The second kappa shape index (κ2) is 7.10. The first-order valence-corrected chi connectivity index (χ1v) is 9.40. The van der Waals surface area contributed by atoms with Crippen LogP contribution in [0, 0.1) is 25.5 Å².